The highest BCUT2D eigenvalue weighted by molar-refractivity contribution is 5.87. The number of nitrogens with zero attached hydrogens (tertiary/aromatic N) is 1. The molecule has 0 aromatic rings. The van der Waals surface area contributed by atoms with Gasteiger partial charge in [0.1, 0.15) is 0 Å². The molecule has 1 fully saturated rings. The molecule has 0 atom stereocenters. The van der Waals surface area contributed by atoms with Crippen molar-refractivity contribution in [3.05, 3.63) is 12.7 Å². The first-order valence-electron chi connectivity index (χ1n) is 4.87. The van der Waals surface area contributed by atoms with Crippen molar-refractivity contribution in [1.82, 2.24) is 4.90 Å². The molecule has 0 aliphatic carbocycles. The average molecular weight is 197 g/mol. The lowest BCUT2D eigenvalue weighted by Crippen LogP contribution is -2.58. The van der Waals surface area contributed by atoms with Gasteiger partial charge in [0, 0.05) is 13.1 Å². The third-order valence-electron chi connectivity index (χ3n) is 2.18. The molecule has 0 aromatic heterocycles. The zero-order valence-corrected chi connectivity index (χ0v) is 9.46. The molecule has 0 aromatic carbocycles. The molecule has 1 heterocycles. The first kappa shape index (κ1) is 11.2. The lowest BCUT2D eigenvalue weighted by Gasteiger charge is -2.46. The minimum Gasteiger partial charge on any atom is -0.366 e. The van der Waals surface area contributed by atoms with Crippen molar-refractivity contribution in [3.8, 4) is 0 Å². The Morgan fingerprint density at radius 1 is 1.29 bits per heavy atom. The van der Waals surface area contributed by atoms with E-state index >= 15 is 0 Å². The van der Waals surface area contributed by atoms with E-state index in [0.717, 1.165) is 0 Å². The van der Waals surface area contributed by atoms with E-state index in [-0.39, 0.29) is 17.1 Å². The molecule has 14 heavy (non-hydrogen) atoms. The van der Waals surface area contributed by atoms with Crippen LogP contribution < -0.4 is 0 Å². The van der Waals surface area contributed by atoms with E-state index in [2.05, 4.69) is 6.58 Å². The Morgan fingerprint density at radius 2 is 1.71 bits per heavy atom. The summed E-state index contributed by atoms with van der Waals surface area (Å²) in [5, 5.41) is 0. The van der Waals surface area contributed by atoms with Crippen molar-refractivity contribution in [1.29, 1.82) is 0 Å². The van der Waals surface area contributed by atoms with Crippen LogP contribution in [0.5, 0.6) is 0 Å². The fourth-order valence-electron chi connectivity index (χ4n) is 2.07. The molecule has 1 amide bonds. The number of amides is 1. The third-order valence-corrected chi connectivity index (χ3v) is 2.18. The summed E-state index contributed by atoms with van der Waals surface area (Å²) >= 11 is 0. The standard InChI is InChI=1S/C11H19NO2/c1-6-9(13)12-7-10(2,3)14-11(4,5)8-12/h6H,1,7-8H2,2-5H3. The van der Waals surface area contributed by atoms with Gasteiger partial charge < -0.3 is 9.64 Å². The highest BCUT2D eigenvalue weighted by Crippen LogP contribution is 2.27. The van der Waals surface area contributed by atoms with E-state index in [1.54, 1.807) is 4.90 Å². The summed E-state index contributed by atoms with van der Waals surface area (Å²) in [7, 11) is 0. The first-order chi connectivity index (χ1) is 6.26. The van der Waals surface area contributed by atoms with Crippen LogP contribution in [0.15, 0.2) is 12.7 Å². The maximum absolute atomic E-state index is 11.5. The molecule has 0 saturated carbocycles. The monoisotopic (exact) mass is 197 g/mol. The zero-order valence-electron chi connectivity index (χ0n) is 9.46. The van der Waals surface area contributed by atoms with Crippen LogP contribution in [0.4, 0.5) is 0 Å². The summed E-state index contributed by atoms with van der Waals surface area (Å²) in [4.78, 5) is 13.3. The largest absolute Gasteiger partial charge is 0.366 e. The van der Waals surface area contributed by atoms with Gasteiger partial charge in [-0.05, 0) is 33.8 Å². The van der Waals surface area contributed by atoms with Crippen molar-refractivity contribution in [2.45, 2.75) is 38.9 Å². The molecule has 0 radical (unpaired) electrons. The van der Waals surface area contributed by atoms with Crippen molar-refractivity contribution in [3.63, 3.8) is 0 Å². The van der Waals surface area contributed by atoms with Gasteiger partial charge in [0.15, 0.2) is 0 Å². The molecule has 3 nitrogen and oxygen atoms in total. The van der Waals surface area contributed by atoms with Crippen LogP contribution >= 0.6 is 0 Å². The van der Waals surface area contributed by atoms with E-state index in [1.165, 1.54) is 6.08 Å². The van der Waals surface area contributed by atoms with Gasteiger partial charge in [-0.2, -0.15) is 0 Å². The average Bonchev–Trinajstić information content (AvgIpc) is 1.97. The van der Waals surface area contributed by atoms with E-state index in [9.17, 15) is 4.79 Å². The van der Waals surface area contributed by atoms with Gasteiger partial charge in [-0.1, -0.05) is 6.58 Å². The van der Waals surface area contributed by atoms with Gasteiger partial charge in [0.2, 0.25) is 5.91 Å². The molecule has 1 rings (SSSR count). The molecule has 0 unspecified atom stereocenters. The Kier molecular flexibility index (Phi) is 2.72. The molecule has 1 aliphatic heterocycles. The summed E-state index contributed by atoms with van der Waals surface area (Å²) in [6.45, 7) is 12.7. The molecule has 1 aliphatic rings. The number of hydrogen-bond donors (Lipinski definition) is 0. The van der Waals surface area contributed by atoms with E-state index < -0.39 is 0 Å². The van der Waals surface area contributed by atoms with E-state index in [0.29, 0.717) is 13.1 Å². The maximum atomic E-state index is 11.5. The lowest BCUT2D eigenvalue weighted by atomic mass is 9.99. The second kappa shape index (κ2) is 3.39. The minimum absolute atomic E-state index is 0.0190. The van der Waals surface area contributed by atoms with Gasteiger partial charge in [-0.25, -0.2) is 0 Å². The Bertz CT molecular complexity index is 240. The normalized spacial score (nSPS) is 24.4. The predicted molar refractivity (Wildman–Crippen MR) is 56.0 cm³/mol. The van der Waals surface area contributed by atoms with Crippen LogP contribution in [-0.2, 0) is 9.53 Å². The number of ether oxygens (including phenoxy) is 1. The second-order valence-electron chi connectivity index (χ2n) is 5.02. The fourth-order valence-corrected chi connectivity index (χ4v) is 2.07. The zero-order chi connectivity index (χ0) is 11.0. The van der Waals surface area contributed by atoms with Gasteiger partial charge in [-0.15, -0.1) is 0 Å². The van der Waals surface area contributed by atoms with Crippen LogP contribution in [-0.4, -0.2) is 35.1 Å². The van der Waals surface area contributed by atoms with Crippen LogP contribution in [0.2, 0.25) is 0 Å². The SMILES string of the molecule is C=CC(=O)N1CC(C)(C)OC(C)(C)C1. The number of carbonyl (C=O) groups excluding carboxylic acids is 1. The van der Waals surface area contributed by atoms with Gasteiger partial charge in [0.25, 0.3) is 0 Å². The molecular weight excluding hydrogens is 178 g/mol. The Morgan fingerprint density at radius 3 is 2.07 bits per heavy atom. The first-order valence-corrected chi connectivity index (χ1v) is 4.87. The van der Waals surface area contributed by atoms with Crippen molar-refractivity contribution >= 4 is 5.91 Å². The van der Waals surface area contributed by atoms with E-state index in [1.807, 2.05) is 27.7 Å². The van der Waals surface area contributed by atoms with Crippen LogP contribution in [0, 0.1) is 0 Å². The topological polar surface area (TPSA) is 29.5 Å². The number of morpholine rings is 1. The highest BCUT2D eigenvalue weighted by Gasteiger charge is 2.39. The van der Waals surface area contributed by atoms with Crippen molar-refractivity contribution < 1.29 is 9.53 Å². The number of rotatable bonds is 1. The Hall–Kier alpha value is -0.830. The molecule has 3 heteroatoms. The predicted octanol–water partition coefficient (Wildman–Crippen LogP) is 1.59. The highest BCUT2D eigenvalue weighted by atomic mass is 16.5. The maximum Gasteiger partial charge on any atom is 0.246 e. The summed E-state index contributed by atoms with van der Waals surface area (Å²) in [6, 6.07) is 0. The molecule has 0 N–H and O–H groups in total. The number of carbonyl (C=O) groups is 1. The van der Waals surface area contributed by atoms with Gasteiger partial charge >= 0.3 is 0 Å². The molecule has 1 saturated heterocycles. The van der Waals surface area contributed by atoms with Crippen molar-refractivity contribution in [2.24, 2.45) is 0 Å². The smallest absolute Gasteiger partial charge is 0.246 e. The Balaban J connectivity index is 2.81. The van der Waals surface area contributed by atoms with Gasteiger partial charge in [0.05, 0.1) is 11.2 Å². The van der Waals surface area contributed by atoms with Crippen molar-refractivity contribution in [2.75, 3.05) is 13.1 Å². The van der Waals surface area contributed by atoms with Gasteiger partial charge in [-0.3, -0.25) is 4.79 Å². The Labute approximate surface area is 85.7 Å². The molecule has 80 valence electrons. The second-order valence-corrected chi connectivity index (χ2v) is 5.02. The lowest BCUT2D eigenvalue weighted by molar-refractivity contribution is -0.185. The fraction of sp³-hybridized carbons (Fsp3) is 0.727. The number of hydrogen-bond acceptors (Lipinski definition) is 2. The summed E-state index contributed by atoms with van der Waals surface area (Å²) in [6.07, 6.45) is 1.36. The quantitative estimate of drug-likeness (QED) is 0.597. The molecule has 0 bridgehead atoms. The third kappa shape index (κ3) is 2.58. The molecular formula is C11H19NO2. The summed E-state index contributed by atoms with van der Waals surface area (Å²) in [5.41, 5.74) is -0.555. The minimum atomic E-state index is -0.277. The molecule has 0 spiro atoms. The van der Waals surface area contributed by atoms with E-state index in [4.69, 9.17) is 4.74 Å². The van der Waals surface area contributed by atoms with Crippen LogP contribution in [0.3, 0.4) is 0 Å². The summed E-state index contributed by atoms with van der Waals surface area (Å²) < 4.78 is 5.86. The summed E-state index contributed by atoms with van der Waals surface area (Å²) in [5.74, 6) is -0.0190. The van der Waals surface area contributed by atoms with Crippen LogP contribution in [0.1, 0.15) is 27.7 Å². The van der Waals surface area contributed by atoms with Crippen LogP contribution in [0.25, 0.3) is 0 Å².